The third-order valence-electron chi connectivity index (χ3n) is 2.74. The summed E-state index contributed by atoms with van der Waals surface area (Å²) in [5.74, 6) is -0.127. The molecule has 1 saturated heterocycles. The number of hydrogen-bond donors (Lipinski definition) is 0. The van der Waals surface area contributed by atoms with Gasteiger partial charge in [-0.1, -0.05) is 0 Å². The van der Waals surface area contributed by atoms with Crippen molar-refractivity contribution < 1.29 is 14.6 Å². The maximum atomic E-state index is 11.5. The van der Waals surface area contributed by atoms with Crippen molar-refractivity contribution in [3.63, 3.8) is 0 Å². The van der Waals surface area contributed by atoms with E-state index in [1.807, 2.05) is 0 Å². The minimum Gasteiger partial charge on any atom is -0.312 e. The van der Waals surface area contributed by atoms with Gasteiger partial charge < -0.3 is 4.90 Å². The lowest BCUT2D eigenvalue weighted by Gasteiger charge is -2.14. The molecule has 1 aromatic carbocycles. The zero-order chi connectivity index (χ0) is 13.3. The van der Waals surface area contributed by atoms with Crippen LogP contribution in [0.3, 0.4) is 0 Å². The molecule has 0 saturated carbocycles. The fraction of sp³-hybridized carbons (Fsp3) is 0.300. The van der Waals surface area contributed by atoms with Crippen molar-refractivity contribution in [1.29, 1.82) is 0 Å². The first-order valence-corrected chi connectivity index (χ1v) is 5.24. The Morgan fingerprint density at radius 3 is 2.28 bits per heavy atom. The van der Waals surface area contributed by atoms with Gasteiger partial charge in [0.25, 0.3) is 0 Å². The predicted molar refractivity (Wildman–Crippen MR) is 61.3 cm³/mol. The summed E-state index contributed by atoms with van der Waals surface area (Å²) in [6, 6.07) is 3.48. The summed E-state index contributed by atoms with van der Waals surface area (Å²) in [7, 11) is 0. The Kier molecular flexibility index (Phi) is 2.92. The fourth-order valence-corrected chi connectivity index (χ4v) is 1.90. The van der Waals surface area contributed by atoms with Crippen molar-refractivity contribution in [3.05, 3.63) is 38.4 Å². The molecule has 1 fully saturated rings. The number of carbonyl (C=O) groups is 1. The Labute approximate surface area is 101 Å². The zero-order valence-electron chi connectivity index (χ0n) is 9.24. The number of benzene rings is 1. The lowest BCUT2D eigenvalue weighted by molar-refractivity contribution is -0.422. The van der Waals surface area contributed by atoms with Gasteiger partial charge >= 0.3 is 11.4 Å². The van der Waals surface area contributed by atoms with Gasteiger partial charge in [0, 0.05) is 25.1 Å². The Hall–Kier alpha value is -2.51. The van der Waals surface area contributed by atoms with Gasteiger partial charge in [0.05, 0.1) is 15.5 Å². The van der Waals surface area contributed by atoms with Crippen LogP contribution in [0.15, 0.2) is 18.2 Å². The summed E-state index contributed by atoms with van der Waals surface area (Å²) in [6.45, 7) is 0.480. The molecule has 0 N–H and O–H groups in total. The van der Waals surface area contributed by atoms with Crippen LogP contribution in [0.1, 0.15) is 12.8 Å². The Bertz CT molecular complexity index is 542. The van der Waals surface area contributed by atoms with E-state index in [1.54, 1.807) is 0 Å². The van der Waals surface area contributed by atoms with Gasteiger partial charge in [-0.25, -0.2) is 0 Å². The molecule has 0 bridgehead atoms. The molecule has 2 rings (SSSR count). The Balaban J connectivity index is 2.46. The summed E-state index contributed by atoms with van der Waals surface area (Å²) in [5.41, 5.74) is -0.845. The predicted octanol–water partition coefficient (Wildman–Crippen LogP) is 1.63. The molecule has 0 spiro atoms. The molecular weight excluding hydrogens is 242 g/mol. The summed E-state index contributed by atoms with van der Waals surface area (Å²) in [6.07, 6.45) is 1.08. The number of amides is 1. The van der Waals surface area contributed by atoms with Gasteiger partial charge in [-0.2, -0.15) is 0 Å². The molecule has 1 aromatic rings. The van der Waals surface area contributed by atoms with Gasteiger partial charge in [0.1, 0.15) is 0 Å². The topological polar surface area (TPSA) is 107 Å². The zero-order valence-corrected chi connectivity index (χ0v) is 9.24. The van der Waals surface area contributed by atoms with Crippen LogP contribution in [0.25, 0.3) is 0 Å². The molecule has 0 radical (unpaired) electrons. The van der Waals surface area contributed by atoms with Crippen molar-refractivity contribution in [1.82, 2.24) is 0 Å². The number of hydrogen-bond acceptors (Lipinski definition) is 5. The van der Waals surface area contributed by atoms with E-state index in [0.29, 0.717) is 25.1 Å². The molecule has 0 atom stereocenters. The van der Waals surface area contributed by atoms with E-state index < -0.39 is 21.2 Å². The number of anilines is 1. The van der Waals surface area contributed by atoms with Crippen LogP contribution in [-0.2, 0) is 4.79 Å². The summed E-state index contributed by atoms with van der Waals surface area (Å²) in [5, 5.41) is 21.4. The molecule has 0 unspecified atom stereocenters. The molecule has 94 valence electrons. The SMILES string of the molecule is O=C1CCCN1c1ccc([N+](=O)[O-])c([N+](=O)[O-])c1. The second-order valence-electron chi connectivity index (χ2n) is 3.84. The summed E-state index contributed by atoms with van der Waals surface area (Å²) in [4.78, 5) is 32.7. The van der Waals surface area contributed by atoms with Crippen LogP contribution in [0.5, 0.6) is 0 Å². The number of rotatable bonds is 3. The van der Waals surface area contributed by atoms with Gasteiger partial charge in [-0.3, -0.25) is 25.0 Å². The molecule has 1 heterocycles. The maximum Gasteiger partial charge on any atom is 0.348 e. The molecule has 0 aliphatic carbocycles. The fourth-order valence-electron chi connectivity index (χ4n) is 1.90. The number of carbonyl (C=O) groups excluding carboxylic acids is 1. The maximum absolute atomic E-state index is 11.5. The van der Waals surface area contributed by atoms with Crippen molar-refractivity contribution in [2.75, 3.05) is 11.4 Å². The molecule has 1 aliphatic heterocycles. The highest BCUT2D eigenvalue weighted by Gasteiger charge is 2.28. The number of nitrogens with zero attached hydrogens (tertiary/aromatic N) is 3. The monoisotopic (exact) mass is 251 g/mol. The largest absolute Gasteiger partial charge is 0.348 e. The highest BCUT2D eigenvalue weighted by Crippen LogP contribution is 2.32. The van der Waals surface area contributed by atoms with Crippen molar-refractivity contribution in [3.8, 4) is 0 Å². The van der Waals surface area contributed by atoms with Crippen molar-refractivity contribution >= 4 is 23.0 Å². The summed E-state index contributed by atoms with van der Waals surface area (Å²) < 4.78 is 0. The Morgan fingerprint density at radius 1 is 1.11 bits per heavy atom. The van der Waals surface area contributed by atoms with E-state index in [1.165, 1.54) is 11.0 Å². The summed E-state index contributed by atoms with van der Waals surface area (Å²) >= 11 is 0. The standard InChI is InChI=1S/C10H9N3O5/c14-10-2-1-5-11(10)7-3-4-8(12(15)16)9(6-7)13(17)18/h3-4,6H,1-2,5H2. The van der Waals surface area contributed by atoms with Crippen LogP contribution in [0, 0.1) is 20.2 Å². The van der Waals surface area contributed by atoms with Crippen LogP contribution in [0.2, 0.25) is 0 Å². The average Bonchev–Trinajstić information content (AvgIpc) is 2.74. The molecule has 1 aliphatic rings. The minimum absolute atomic E-state index is 0.127. The third kappa shape index (κ3) is 1.99. The second-order valence-corrected chi connectivity index (χ2v) is 3.84. The first kappa shape index (κ1) is 12.0. The van der Waals surface area contributed by atoms with E-state index in [2.05, 4.69) is 0 Å². The quantitative estimate of drug-likeness (QED) is 0.599. The first-order chi connectivity index (χ1) is 8.50. The van der Waals surface area contributed by atoms with Crippen LogP contribution in [-0.4, -0.2) is 22.3 Å². The van der Waals surface area contributed by atoms with Crippen molar-refractivity contribution in [2.45, 2.75) is 12.8 Å². The van der Waals surface area contributed by atoms with Crippen LogP contribution >= 0.6 is 0 Å². The van der Waals surface area contributed by atoms with Gasteiger partial charge in [0.2, 0.25) is 5.91 Å². The Morgan fingerprint density at radius 2 is 1.78 bits per heavy atom. The normalized spacial score (nSPS) is 14.9. The lowest BCUT2D eigenvalue weighted by atomic mass is 10.2. The molecular formula is C10H9N3O5. The smallest absolute Gasteiger partial charge is 0.312 e. The van der Waals surface area contributed by atoms with Gasteiger partial charge in [0.15, 0.2) is 0 Å². The van der Waals surface area contributed by atoms with E-state index >= 15 is 0 Å². The second kappa shape index (κ2) is 4.40. The van der Waals surface area contributed by atoms with Crippen molar-refractivity contribution in [2.24, 2.45) is 0 Å². The molecule has 8 heteroatoms. The molecule has 1 amide bonds. The van der Waals surface area contributed by atoms with E-state index in [0.717, 1.165) is 12.1 Å². The number of nitro groups is 2. The van der Waals surface area contributed by atoms with Gasteiger partial charge in [-0.15, -0.1) is 0 Å². The molecule has 8 nitrogen and oxygen atoms in total. The lowest BCUT2D eigenvalue weighted by Crippen LogP contribution is -2.23. The highest BCUT2D eigenvalue weighted by atomic mass is 16.6. The van der Waals surface area contributed by atoms with Crippen LogP contribution in [0.4, 0.5) is 17.1 Å². The first-order valence-electron chi connectivity index (χ1n) is 5.24. The van der Waals surface area contributed by atoms with Gasteiger partial charge in [-0.05, 0) is 12.5 Å². The van der Waals surface area contributed by atoms with E-state index in [4.69, 9.17) is 0 Å². The number of nitro benzene ring substituents is 2. The minimum atomic E-state index is -0.817. The average molecular weight is 251 g/mol. The highest BCUT2D eigenvalue weighted by molar-refractivity contribution is 5.95. The van der Waals surface area contributed by atoms with Crippen LogP contribution < -0.4 is 4.90 Å². The molecule has 0 aromatic heterocycles. The third-order valence-corrected chi connectivity index (χ3v) is 2.74. The molecule has 18 heavy (non-hydrogen) atoms. The van der Waals surface area contributed by atoms with E-state index in [-0.39, 0.29) is 5.91 Å². The van der Waals surface area contributed by atoms with E-state index in [9.17, 15) is 25.0 Å².